The lowest BCUT2D eigenvalue weighted by Gasteiger charge is -2.48. The van der Waals surface area contributed by atoms with Gasteiger partial charge in [-0.05, 0) is 29.5 Å². The molecule has 4 heteroatoms. The van der Waals surface area contributed by atoms with Gasteiger partial charge in [0, 0.05) is 18.8 Å². The Balaban J connectivity index is 2.21. The lowest BCUT2D eigenvalue weighted by Crippen LogP contribution is -2.52. The first kappa shape index (κ1) is 12.7. The Morgan fingerprint density at radius 3 is 2.50 bits per heavy atom. The minimum absolute atomic E-state index is 0.264. The number of hydrogen-bond acceptors (Lipinski definition) is 3. The quantitative estimate of drug-likeness (QED) is 0.789. The Hall–Kier alpha value is -1.71. The second kappa shape index (κ2) is 4.19. The van der Waals surface area contributed by atoms with Crippen LogP contribution in [0.5, 0.6) is 0 Å². The van der Waals surface area contributed by atoms with E-state index in [2.05, 4.69) is 25.7 Å². The average Bonchev–Trinajstić information content (AvgIpc) is 2.12. The smallest absolute Gasteiger partial charge is 0.337 e. The highest BCUT2D eigenvalue weighted by Gasteiger charge is 2.37. The predicted octanol–water partition coefficient (Wildman–Crippen LogP) is 2.45. The van der Waals surface area contributed by atoms with Crippen molar-refractivity contribution in [3.05, 3.63) is 23.8 Å². The fourth-order valence-corrected chi connectivity index (χ4v) is 2.21. The van der Waals surface area contributed by atoms with E-state index >= 15 is 0 Å². The summed E-state index contributed by atoms with van der Waals surface area (Å²) in [6.45, 7) is 8.44. The molecule has 0 aromatic heterocycles. The van der Waals surface area contributed by atoms with Gasteiger partial charge in [0.25, 0.3) is 0 Å². The maximum Gasteiger partial charge on any atom is 0.337 e. The van der Waals surface area contributed by atoms with Gasteiger partial charge in [-0.1, -0.05) is 20.8 Å². The number of benzene rings is 1. The van der Waals surface area contributed by atoms with Crippen LogP contribution in [0.15, 0.2) is 18.2 Å². The van der Waals surface area contributed by atoms with Gasteiger partial charge < -0.3 is 15.7 Å². The van der Waals surface area contributed by atoms with Gasteiger partial charge in [0.05, 0.1) is 11.3 Å². The molecular weight excluding hydrogens is 228 g/mol. The monoisotopic (exact) mass is 248 g/mol. The maximum atomic E-state index is 11.2. The molecule has 1 aliphatic rings. The third-order valence-electron chi connectivity index (χ3n) is 3.70. The van der Waals surface area contributed by atoms with Gasteiger partial charge in [-0.3, -0.25) is 0 Å². The predicted molar refractivity (Wildman–Crippen MR) is 73.0 cm³/mol. The summed E-state index contributed by atoms with van der Waals surface area (Å²) in [4.78, 5) is 13.3. The summed E-state index contributed by atoms with van der Waals surface area (Å²) in [5.41, 5.74) is 7.68. The van der Waals surface area contributed by atoms with E-state index in [1.165, 1.54) is 0 Å². The van der Waals surface area contributed by atoms with Gasteiger partial charge in [-0.15, -0.1) is 0 Å². The average molecular weight is 248 g/mol. The third-order valence-corrected chi connectivity index (χ3v) is 3.70. The largest absolute Gasteiger partial charge is 0.478 e. The number of hydrogen-bond donors (Lipinski definition) is 2. The fraction of sp³-hybridized carbons (Fsp3) is 0.500. The Labute approximate surface area is 107 Å². The summed E-state index contributed by atoms with van der Waals surface area (Å²) in [6.07, 6.45) is 0. The molecule has 1 heterocycles. The third kappa shape index (κ3) is 2.28. The molecule has 1 aliphatic heterocycles. The molecule has 4 nitrogen and oxygen atoms in total. The summed E-state index contributed by atoms with van der Waals surface area (Å²) in [6, 6.07) is 4.97. The number of nitrogen functional groups attached to an aromatic ring is 1. The highest BCUT2D eigenvalue weighted by molar-refractivity contribution is 5.95. The molecule has 0 bridgehead atoms. The van der Waals surface area contributed by atoms with Crippen molar-refractivity contribution in [2.45, 2.75) is 20.8 Å². The molecule has 0 amide bonds. The van der Waals surface area contributed by atoms with Crippen molar-refractivity contribution >= 4 is 17.3 Å². The molecule has 0 atom stereocenters. The number of carboxylic acid groups (broad SMARTS) is 1. The lowest BCUT2D eigenvalue weighted by molar-refractivity contribution is 0.0697. The van der Waals surface area contributed by atoms with Crippen molar-refractivity contribution in [2.24, 2.45) is 11.3 Å². The summed E-state index contributed by atoms with van der Waals surface area (Å²) in [5.74, 6) is -0.301. The lowest BCUT2D eigenvalue weighted by atomic mass is 9.75. The fourth-order valence-electron chi connectivity index (χ4n) is 2.21. The van der Waals surface area contributed by atoms with E-state index in [0.717, 1.165) is 18.8 Å². The summed E-state index contributed by atoms with van der Waals surface area (Å²) in [7, 11) is 0. The number of nitrogens with two attached hydrogens (primary N) is 1. The van der Waals surface area contributed by atoms with Crippen LogP contribution >= 0.6 is 0 Å². The van der Waals surface area contributed by atoms with Crippen LogP contribution in [0.4, 0.5) is 11.4 Å². The van der Waals surface area contributed by atoms with E-state index in [-0.39, 0.29) is 5.41 Å². The van der Waals surface area contributed by atoms with Crippen LogP contribution in [0.1, 0.15) is 31.1 Å². The Morgan fingerprint density at radius 1 is 1.39 bits per heavy atom. The van der Waals surface area contributed by atoms with Crippen molar-refractivity contribution in [2.75, 3.05) is 23.7 Å². The maximum absolute atomic E-state index is 11.2. The van der Waals surface area contributed by atoms with E-state index in [1.54, 1.807) is 18.2 Å². The van der Waals surface area contributed by atoms with Crippen molar-refractivity contribution in [1.29, 1.82) is 0 Å². The van der Waals surface area contributed by atoms with Crippen LogP contribution < -0.4 is 10.6 Å². The van der Waals surface area contributed by atoms with E-state index in [0.29, 0.717) is 17.2 Å². The molecule has 0 aliphatic carbocycles. The summed E-state index contributed by atoms with van der Waals surface area (Å²) >= 11 is 0. The first-order valence-electron chi connectivity index (χ1n) is 6.17. The van der Waals surface area contributed by atoms with Gasteiger partial charge in [0.1, 0.15) is 0 Å². The molecule has 18 heavy (non-hydrogen) atoms. The molecular formula is C14H20N2O2. The second-order valence-electron chi connectivity index (χ2n) is 6.05. The van der Waals surface area contributed by atoms with Gasteiger partial charge in [-0.25, -0.2) is 4.79 Å². The topological polar surface area (TPSA) is 66.6 Å². The molecule has 1 fully saturated rings. The van der Waals surface area contributed by atoms with E-state index in [9.17, 15) is 9.90 Å². The highest BCUT2D eigenvalue weighted by atomic mass is 16.4. The molecule has 0 saturated carbocycles. The van der Waals surface area contributed by atoms with E-state index in [4.69, 9.17) is 5.73 Å². The second-order valence-corrected chi connectivity index (χ2v) is 6.05. The molecule has 0 unspecified atom stereocenters. The number of nitrogens with zero attached hydrogens (tertiary/aromatic N) is 1. The summed E-state index contributed by atoms with van der Waals surface area (Å²) < 4.78 is 0. The first-order valence-corrected chi connectivity index (χ1v) is 6.17. The number of anilines is 2. The molecule has 1 aromatic carbocycles. The Kier molecular flexibility index (Phi) is 2.97. The minimum atomic E-state index is -0.899. The number of aromatic carboxylic acids is 1. The first-order chi connectivity index (χ1) is 8.29. The van der Waals surface area contributed by atoms with Gasteiger partial charge in [0.15, 0.2) is 0 Å². The highest BCUT2D eigenvalue weighted by Crippen LogP contribution is 2.38. The van der Waals surface area contributed by atoms with Crippen molar-refractivity contribution in [1.82, 2.24) is 0 Å². The minimum Gasteiger partial charge on any atom is -0.478 e. The molecule has 1 aromatic rings. The number of carboxylic acids is 1. The number of rotatable bonds is 2. The van der Waals surface area contributed by atoms with Crippen molar-refractivity contribution in [3.63, 3.8) is 0 Å². The standard InChI is InChI=1S/C14H20N2O2/c1-14(2,3)9-7-16(8-9)12-6-10(15)4-5-11(12)13(17)18/h4-6,9H,7-8,15H2,1-3H3,(H,17,18). The van der Waals surface area contributed by atoms with Crippen LogP contribution in [0.25, 0.3) is 0 Å². The van der Waals surface area contributed by atoms with Crippen LogP contribution in [0.3, 0.4) is 0 Å². The molecule has 0 spiro atoms. The molecule has 98 valence electrons. The zero-order valence-electron chi connectivity index (χ0n) is 11.1. The van der Waals surface area contributed by atoms with Gasteiger partial charge in [0.2, 0.25) is 0 Å². The molecule has 1 saturated heterocycles. The zero-order chi connectivity index (χ0) is 13.5. The van der Waals surface area contributed by atoms with Gasteiger partial charge in [-0.2, -0.15) is 0 Å². The SMILES string of the molecule is CC(C)(C)C1CN(c2cc(N)ccc2C(=O)O)C1. The molecule has 2 rings (SSSR count). The van der Waals surface area contributed by atoms with Crippen molar-refractivity contribution < 1.29 is 9.90 Å². The number of carbonyl (C=O) groups is 1. The van der Waals surface area contributed by atoms with Crippen LogP contribution in [0.2, 0.25) is 0 Å². The van der Waals surface area contributed by atoms with Crippen LogP contribution in [0, 0.1) is 11.3 Å². The Bertz CT molecular complexity index is 471. The van der Waals surface area contributed by atoms with Crippen LogP contribution in [-0.2, 0) is 0 Å². The zero-order valence-corrected chi connectivity index (χ0v) is 11.1. The van der Waals surface area contributed by atoms with E-state index < -0.39 is 5.97 Å². The normalized spacial score (nSPS) is 16.5. The van der Waals surface area contributed by atoms with Crippen molar-refractivity contribution in [3.8, 4) is 0 Å². The summed E-state index contributed by atoms with van der Waals surface area (Å²) in [5, 5.41) is 9.18. The molecule has 0 radical (unpaired) electrons. The Morgan fingerprint density at radius 2 is 2.00 bits per heavy atom. The van der Waals surface area contributed by atoms with E-state index in [1.807, 2.05) is 0 Å². The van der Waals surface area contributed by atoms with Crippen LogP contribution in [-0.4, -0.2) is 24.2 Å². The van der Waals surface area contributed by atoms with Gasteiger partial charge >= 0.3 is 5.97 Å². The molecule has 3 N–H and O–H groups in total.